The van der Waals surface area contributed by atoms with E-state index >= 15 is 0 Å². The maximum Gasteiger partial charge on any atom is 0.241 e. The van der Waals surface area contributed by atoms with Gasteiger partial charge in [0.15, 0.2) is 11.5 Å². The molecule has 1 atom stereocenters. The zero-order valence-corrected chi connectivity index (χ0v) is 18.0. The Bertz CT molecular complexity index is 1010. The molecule has 1 aliphatic heterocycles. The Morgan fingerprint density at radius 1 is 1.10 bits per heavy atom. The van der Waals surface area contributed by atoms with E-state index in [1.165, 1.54) is 12.1 Å². The first-order chi connectivity index (χ1) is 14.1. The van der Waals surface area contributed by atoms with Gasteiger partial charge in [0, 0.05) is 6.54 Å². The molecule has 1 heterocycles. The quantitative estimate of drug-likeness (QED) is 0.611. The minimum atomic E-state index is -3.98. The van der Waals surface area contributed by atoms with Crippen molar-refractivity contribution in [3.05, 3.63) is 53.6 Å². The van der Waals surface area contributed by atoms with Crippen LogP contribution in [0, 0.1) is 0 Å². The van der Waals surface area contributed by atoms with Gasteiger partial charge in [-0.05, 0) is 40.8 Å². The molecule has 0 bridgehead atoms. The van der Waals surface area contributed by atoms with Crippen molar-refractivity contribution >= 4 is 15.9 Å². The number of hydrogen-bond donors (Lipinski definition) is 3. The lowest BCUT2D eigenvalue weighted by atomic mass is 9.87. The van der Waals surface area contributed by atoms with Crippen molar-refractivity contribution < 1.29 is 27.8 Å². The smallest absolute Gasteiger partial charge is 0.241 e. The van der Waals surface area contributed by atoms with Crippen LogP contribution >= 0.6 is 0 Å². The van der Waals surface area contributed by atoms with Gasteiger partial charge in [-0.1, -0.05) is 39.0 Å². The highest BCUT2D eigenvalue weighted by Crippen LogP contribution is 2.32. The zero-order valence-electron chi connectivity index (χ0n) is 17.1. The summed E-state index contributed by atoms with van der Waals surface area (Å²) in [5.41, 5.74) is 1.63. The molecule has 1 aliphatic rings. The molecule has 162 valence electrons. The number of benzene rings is 2. The second-order valence-corrected chi connectivity index (χ2v) is 9.75. The molecule has 1 amide bonds. The highest BCUT2D eigenvalue weighted by atomic mass is 32.2. The molecule has 0 saturated heterocycles. The van der Waals surface area contributed by atoms with Crippen molar-refractivity contribution in [1.29, 1.82) is 0 Å². The lowest BCUT2D eigenvalue weighted by molar-refractivity contribution is -0.123. The molecule has 0 unspecified atom stereocenters. The van der Waals surface area contributed by atoms with Crippen LogP contribution in [-0.4, -0.2) is 38.9 Å². The lowest BCUT2D eigenvalue weighted by Gasteiger charge is -2.20. The SMILES string of the molecule is CC(C)(C)c1ccc(S(=O)(=O)N[C@@H](CO)C(=O)NCc2ccc3c(c2)OCO3)cc1. The van der Waals surface area contributed by atoms with Crippen LogP contribution < -0.4 is 19.5 Å². The third-order valence-corrected chi connectivity index (χ3v) is 6.22. The van der Waals surface area contributed by atoms with Crippen LogP contribution in [-0.2, 0) is 26.8 Å². The van der Waals surface area contributed by atoms with Crippen LogP contribution in [0.25, 0.3) is 0 Å². The predicted octanol–water partition coefficient (Wildman–Crippen LogP) is 1.67. The number of ether oxygens (including phenoxy) is 2. The Morgan fingerprint density at radius 2 is 1.77 bits per heavy atom. The summed E-state index contributed by atoms with van der Waals surface area (Å²) in [6, 6.07) is 10.4. The molecule has 30 heavy (non-hydrogen) atoms. The van der Waals surface area contributed by atoms with Crippen LogP contribution in [0.2, 0.25) is 0 Å². The molecule has 0 aliphatic carbocycles. The number of carbonyl (C=O) groups is 1. The van der Waals surface area contributed by atoms with E-state index in [0.29, 0.717) is 11.5 Å². The summed E-state index contributed by atoms with van der Waals surface area (Å²) in [6.45, 7) is 5.71. The van der Waals surface area contributed by atoms with Gasteiger partial charge in [0.1, 0.15) is 6.04 Å². The molecule has 8 nitrogen and oxygen atoms in total. The van der Waals surface area contributed by atoms with E-state index in [4.69, 9.17) is 9.47 Å². The second kappa shape index (κ2) is 8.63. The first-order valence-corrected chi connectivity index (χ1v) is 11.0. The van der Waals surface area contributed by atoms with Gasteiger partial charge >= 0.3 is 0 Å². The van der Waals surface area contributed by atoms with Crippen LogP contribution in [0.15, 0.2) is 47.4 Å². The van der Waals surface area contributed by atoms with Crippen molar-refractivity contribution in [3.8, 4) is 11.5 Å². The number of hydrogen-bond acceptors (Lipinski definition) is 6. The monoisotopic (exact) mass is 434 g/mol. The molecule has 3 rings (SSSR count). The molecule has 0 aromatic heterocycles. The third-order valence-electron chi connectivity index (χ3n) is 4.73. The maximum absolute atomic E-state index is 12.6. The Labute approximate surface area is 176 Å². The standard InChI is InChI=1S/C21H26N2O6S/c1-21(2,3)15-5-7-16(8-6-15)30(26,27)23-17(12-24)20(25)22-11-14-4-9-18-19(10-14)29-13-28-18/h4-10,17,23-24H,11-13H2,1-3H3,(H,22,25)/t17-/m0/s1. The van der Waals surface area contributed by atoms with Gasteiger partial charge in [-0.3, -0.25) is 4.79 Å². The number of aliphatic hydroxyl groups excluding tert-OH is 1. The van der Waals surface area contributed by atoms with Crippen LogP contribution in [0.4, 0.5) is 0 Å². The number of fused-ring (bicyclic) bond motifs is 1. The minimum absolute atomic E-state index is 0.0255. The van der Waals surface area contributed by atoms with Crippen molar-refractivity contribution in [2.75, 3.05) is 13.4 Å². The number of amides is 1. The number of rotatable bonds is 7. The van der Waals surface area contributed by atoms with E-state index in [9.17, 15) is 18.3 Å². The largest absolute Gasteiger partial charge is 0.454 e. The Hall–Kier alpha value is -2.62. The average molecular weight is 435 g/mol. The van der Waals surface area contributed by atoms with E-state index in [0.717, 1.165) is 11.1 Å². The molecule has 0 spiro atoms. The van der Waals surface area contributed by atoms with Gasteiger partial charge < -0.3 is 19.9 Å². The zero-order chi connectivity index (χ0) is 21.9. The molecule has 0 radical (unpaired) electrons. The summed E-state index contributed by atoms with van der Waals surface area (Å²) >= 11 is 0. The van der Waals surface area contributed by atoms with Gasteiger partial charge in [-0.2, -0.15) is 4.72 Å². The Balaban J connectivity index is 1.64. The third kappa shape index (κ3) is 5.10. The van der Waals surface area contributed by atoms with Gasteiger partial charge in [0.25, 0.3) is 0 Å². The van der Waals surface area contributed by atoms with E-state index < -0.39 is 28.6 Å². The number of nitrogens with one attached hydrogen (secondary N) is 2. The van der Waals surface area contributed by atoms with Gasteiger partial charge in [0.05, 0.1) is 11.5 Å². The fourth-order valence-corrected chi connectivity index (χ4v) is 4.11. The van der Waals surface area contributed by atoms with Crippen molar-refractivity contribution in [2.24, 2.45) is 0 Å². The molecule has 2 aromatic carbocycles. The summed E-state index contributed by atoms with van der Waals surface area (Å²) in [5, 5.41) is 12.2. The van der Waals surface area contributed by atoms with Crippen molar-refractivity contribution in [1.82, 2.24) is 10.0 Å². The first kappa shape index (κ1) is 22.1. The maximum atomic E-state index is 12.6. The highest BCUT2D eigenvalue weighted by molar-refractivity contribution is 7.89. The average Bonchev–Trinajstić information content (AvgIpc) is 3.17. The second-order valence-electron chi connectivity index (χ2n) is 8.04. The summed E-state index contributed by atoms with van der Waals surface area (Å²) in [7, 11) is -3.98. The fourth-order valence-electron chi connectivity index (χ4n) is 2.93. The van der Waals surface area contributed by atoms with Crippen molar-refractivity contribution in [2.45, 2.75) is 43.7 Å². The van der Waals surface area contributed by atoms with Gasteiger partial charge in [-0.25, -0.2) is 8.42 Å². The molecule has 2 aromatic rings. The topological polar surface area (TPSA) is 114 Å². The molecule has 9 heteroatoms. The number of sulfonamides is 1. The fraction of sp³-hybridized carbons (Fsp3) is 0.381. The van der Waals surface area contributed by atoms with Crippen LogP contribution in [0.3, 0.4) is 0 Å². The van der Waals surface area contributed by atoms with Crippen molar-refractivity contribution in [3.63, 3.8) is 0 Å². The summed E-state index contributed by atoms with van der Waals surface area (Å²) in [5.74, 6) is 0.577. The normalized spacial score (nSPS) is 14.4. The van der Waals surface area contributed by atoms with Crippen LogP contribution in [0.1, 0.15) is 31.9 Å². The molecular formula is C21H26N2O6S. The van der Waals surface area contributed by atoms with E-state index in [1.54, 1.807) is 30.3 Å². The molecule has 3 N–H and O–H groups in total. The number of carbonyl (C=O) groups excluding carboxylic acids is 1. The van der Waals surface area contributed by atoms with Crippen LogP contribution in [0.5, 0.6) is 11.5 Å². The minimum Gasteiger partial charge on any atom is -0.454 e. The van der Waals surface area contributed by atoms with Gasteiger partial charge in [-0.15, -0.1) is 0 Å². The predicted molar refractivity (Wildman–Crippen MR) is 111 cm³/mol. The Morgan fingerprint density at radius 3 is 2.40 bits per heavy atom. The van der Waals surface area contributed by atoms with Gasteiger partial charge in [0.2, 0.25) is 22.7 Å². The summed E-state index contributed by atoms with van der Waals surface area (Å²) in [4.78, 5) is 12.4. The Kier molecular flexibility index (Phi) is 6.35. The summed E-state index contributed by atoms with van der Waals surface area (Å²) in [6.07, 6.45) is 0. The summed E-state index contributed by atoms with van der Waals surface area (Å²) < 4.78 is 38.1. The number of aliphatic hydroxyl groups is 1. The van der Waals surface area contributed by atoms with E-state index in [2.05, 4.69) is 10.0 Å². The molecular weight excluding hydrogens is 408 g/mol. The van der Waals surface area contributed by atoms with E-state index in [1.807, 2.05) is 20.8 Å². The molecule has 0 saturated carbocycles. The lowest BCUT2D eigenvalue weighted by Crippen LogP contribution is -2.48. The van der Waals surface area contributed by atoms with E-state index in [-0.39, 0.29) is 23.6 Å². The molecule has 0 fully saturated rings. The highest BCUT2D eigenvalue weighted by Gasteiger charge is 2.26. The first-order valence-electron chi connectivity index (χ1n) is 9.50.